The van der Waals surface area contributed by atoms with Crippen LogP contribution in [0.5, 0.6) is 0 Å². The minimum absolute atomic E-state index is 0. The van der Waals surface area contributed by atoms with Gasteiger partial charge < -0.3 is 34.6 Å². The molecule has 2 saturated heterocycles. The first-order chi connectivity index (χ1) is 10.2. The van der Waals surface area contributed by atoms with Gasteiger partial charge in [0.05, 0.1) is 27.2 Å². The number of hydrogen-bond donors (Lipinski definition) is 2. The highest BCUT2D eigenvalue weighted by atomic mass is 35.5. The van der Waals surface area contributed by atoms with E-state index in [0.29, 0.717) is 0 Å². The van der Waals surface area contributed by atoms with Crippen molar-refractivity contribution in [1.82, 2.24) is 4.90 Å². The molecular formula is C18H31Cl2N3. The molecule has 5 heteroatoms. The lowest BCUT2D eigenvalue weighted by atomic mass is 9.91. The second kappa shape index (κ2) is 9.85. The van der Waals surface area contributed by atoms with Gasteiger partial charge in [0.15, 0.2) is 0 Å². The van der Waals surface area contributed by atoms with Crippen LogP contribution in [0.1, 0.15) is 24.8 Å². The van der Waals surface area contributed by atoms with Crippen molar-refractivity contribution in [2.75, 3.05) is 40.3 Å². The summed E-state index contributed by atoms with van der Waals surface area (Å²) >= 11 is 0. The van der Waals surface area contributed by atoms with Crippen LogP contribution in [0.25, 0.3) is 0 Å². The van der Waals surface area contributed by atoms with E-state index in [9.17, 15) is 0 Å². The van der Waals surface area contributed by atoms with Crippen molar-refractivity contribution < 1.29 is 34.6 Å². The van der Waals surface area contributed by atoms with Gasteiger partial charge in [0.1, 0.15) is 25.2 Å². The molecule has 0 spiro atoms. The van der Waals surface area contributed by atoms with E-state index < -0.39 is 0 Å². The Hall–Kier alpha value is -0.320. The number of likely N-dealkylation sites (tertiary alicyclic amines) is 1. The van der Waals surface area contributed by atoms with E-state index in [0.717, 1.165) is 18.6 Å². The van der Waals surface area contributed by atoms with E-state index in [1.54, 1.807) is 4.90 Å². The molecule has 2 aliphatic rings. The second-order valence-electron chi connectivity index (χ2n) is 7.29. The van der Waals surface area contributed by atoms with Crippen LogP contribution in [0.4, 0.5) is 0 Å². The average Bonchev–Trinajstić information content (AvgIpc) is 2.46. The molecule has 3 rings (SSSR count). The summed E-state index contributed by atoms with van der Waals surface area (Å²) in [6.07, 6.45) is 4.31. The van der Waals surface area contributed by atoms with Crippen molar-refractivity contribution in [3.8, 4) is 0 Å². The van der Waals surface area contributed by atoms with Gasteiger partial charge in [-0.25, -0.2) is 0 Å². The van der Waals surface area contributed by atoms with Crippen molar-refractivity contribution >= 4 is 0 Å². The van der Waals surface area contributed by atoms with Crippen LogP contribution in [-0.4, -0.2) is 57.3 Å². The molecule has 0 saturated carbocycles. The number of likely N-dealkylation sites (N-methyl/N-ethyl adjacent to an activating group) is 1. The number of piperazine rings is 1. The van der Waals surface area contributed by atoms with E-state index in [1.807, 2.05) is 4.90 Å². The zero-order valence-electron chi connectivity index (χ0n) is 14.4. The number of benzene rings is 1. The summed E-state index contributed by atoms with van der Waals surface area (Å²) in [5.41, 5.74) is 1.47. The number of piperidine rings is 1. The first-order valence-electron chi connectivity index (χ1n) is 8.63. The highest BCUT2D eigenvalue weighted by Gasteiger charge is 2.40. The molecule has 23 heavy (non-hydrogen) atoms. The lowest BCUT2D eigenvalue weighted by molar-refractivity contribution is -0.984. The van der Waals surface area contributed by atoms with E-state index in [-0.39, 0.29) is 24.8 Å². The Kier molecular flexibility index (Phi) is 8.88. The van der Waals surface area contributed by atoms with Crippen molar-refractivity contribution in [3.63, 3.8) is 0 Å². The summed E-state index contributed by atoms with van der Waals surface area (Å²) in [6, 6.07) is 12.7. The van der Waals surface area contributed by atoms with Gasteiger partial charge in [-0.1, -0.05) is 30.3 Å². The van der Waals surface area contributed by atoms with Crippen LogP contribution in [-0.2, 0) is 6.54 Å². The molecule has 2 heterocycles. The maximum atomic E-state index is 2.70. The van der Waals surface area contributed by atoms with E-state index >= 15 is 0 Å². The fraction of sp³-hybridized carbons (Fsp3) is 0.667. The number of hydrogen-bond acceptors (Lipinski definition) is 1. The van der Waals surface area contributed by atoms with Gasteiger partial charge in [-0.2, -0.15) is 0 Å². The molecule has 3 nitrogen and oxygen atoms in total. The van der Waals surface area contributed by atoms with Gasteiger partial charge >= 0.3 is 0 Å². The highest BCUT2D eigenvalue weighted by molar-refractivity contribution is 5.14. The molecule has 1 aromatic rings. The normalized spacial score (nSPS) is 27.2. The number of nitrogens with zero attached hydrogens (tertiary/aromatic N) is 1. The van der Waals surface area contributed by atoms with Gasteiger partial charge in [0, 0.05) is 19.4 Å². The molecule has 132 valence electrons. The van der Waals surface area contributed by atoms with Crippen LogP contribution >= 0.6 is 0 Å². The Morgan fingerprint density at radius 3 is 2.22 bits per heavy atom. The topological polar surface area (TPSA) is 12.1 Å². The molecule has 2 bridgehead atoms. The summed E-state index contributed by atoms with van der Waals surface area (Å²) in [5, 5.41) is 0. The largest absolute Gasteiger partial charge is 1.00 e. The van der Waals surface area contributed by atoms with Crippen LogP contribution in [0.3, 0.4) is 0 Å². The summed E-state index contributed by atoms with van der Waals surface area (Å²) in [4.78, 5) is 6.20. The minimum atomic E-state index is 0. The minimum Gasteiger partial charge on any atom is -1.00 e. The van der Waals surface area contributed by atoms with Gasteiger partial charge in [-0.05, 0) is 12.0 Å². The average molecular weight is 360 g/mol. The Morgan fingerprint density at radius 2 is 1.65 bits per heavy atom. The van der Waals surface area contributed by atoms with E-state index in [4.69, 9.17) is 0 Å². The molecule has 0 amide bonds. The molecule has 2 unspecified atom stereocenters. The molecule has 2 fully saturated rings. The van der Waals surface area contributed by atoms with Gasteiger partial charge in [-0.15, -0.1) is 0 Å². The van der Waals surface area contributed by atoms with Crippen LogP contribution < -0.4 is 34.6 Å². The quantitative estimate of drug-likeness (QED) is 0.532. The highest BCUT2D eigenvalue weighted by Crippen LogP contribution is 2.17. The van der Waals surface area contributed by atoms with E-state index in [1.165, 1.54) is 51.0 Å². The molecule has 2 N–H and O–H groups in total. The van der Waals surface area contributed by atoms with Gasteiger partial charge in [-0.3, -0.25) is 4.90 Å². The SMILES string of the molecule is C[NH+](C)CC[NH+]1C2CCCC1CN(Cc1ccccc1)C2.[Cl-].[Cl-]. The zero-order chi connectivity index (χ0) is 14.7. The third kappa shape index (κ3) is 5.61. The van der Waals surface area contributed by atoms with Crippen LogP contribution in [0.2, 0.25) is 0 Å². The predicted molar refractivity (Wildman–Crippen MR) is 86.7 cm³/mol. The summed E-state index contributed by atoms with van der Waals surface area (Å²) in [5.74, 6) is 0. The summed E-state index contributed by atoms with van der Waals surface area (Å²) < 4.78 is 0. The standard InChI is InChI=1S/C18H29N3.2ClH/c1-19(2)11-12-21-17-9-6-10-18(21)15-20(14-17)13-16-7-4-3-5-8-16;;/h3-5,7-8,17-18H,6,9-15H2,1-2H3;2*1H. The fourth-order valence-corrected chi connectivity index (χ4v) is 4.20. The van der Waals surface area contributed by atoms with Crippen molar-refractivity contribution in [2.45, 2.75) is 37.9 Å². The maximum absolute atomic E-state index is 2.70. The number of halogens is 2. The third-order valence-corrected chi connectivity index (χ3v) is 5.27. The fourth-order valence-electron chi connectivity index (χ4n) is 4.20. The van der Waals surface area contributed by atoms with Gasteiger partial charge in [0.2, 0.25) is 0 Å². The van der Waals surface area contributed by atoms with Gasteiger partial charge in [0.25, 0.3) is 0 Å². The van der Waals surface area contributed by atoms with Crippen LogP contribution in [0.15, 0.2) is 30.3 Å². The van der Waals surface area contributed by atoms with Crippen molar-refractivity contribution in [1.29, 1.82) is 0 Å². The number of fused-ring (bicyclic) bond motifs is 2. The molecule has 0 radical (unpaired) electrons. The van der Waals surface area contributed by atoms with Crippen molar-refractivity contribution in [3.05, 3.63) is 35.9 Å². The number of quaternary nitrogens is 2. The third-order valence-electron chi connectivity index (χ3n) is 5.27. The Balaban J connectivity index is 0.00000132. The summed E-state index contributed by atoms with van der Waals surface area (Å²) in [6.45, 7) is 6.39. The molecule has 2 aliphatic heterocycles. The Bertz CT molecular complexity index is 427. The Labute approximate surface area is 153 Å². The Morgan fingerprint density at radius 1 is 1.04 bits per heavy atom. The number of nitrogens with one attached hydrogen (secondary N) is 2. The molecular weight excluding hydrogens is 329 g/mol. The predicted octanol–water partition coefficient (Wildman–Crippen LogP) is -6.54. The molecule has 0 aromatic heterocycles. The molecule has 0 aliphatic carbocycles. The monoisotopic (exact) mass is 359 g/mol. The summed E-state index contributed by atoms with van der Waals surface area (Å²) in [7, 11) is 4.56. The van der Waals surface area contributed by atoms with E-state index in [2.05, 4.69) is 49.3 Å². The zero-order valence-corrected chi connectivity index (χ0v) is 15.9. The number of rotatable bonds is 5. The van der Waals surface area contributed by atoms with Crippen LogP contribution in [0, 0.1) is 0 Å². The maximum Gasteiger partial charge on any atom is 0.127 e. The molecule has 2 atom stereocenters. The lowest BCUT2D eigenvalue weighted by Gasteiger charge is -2.47. The smallest absolute Gasteiger partial charge is 0.127 e. The first kappa shape index (κ1) is 20.7. The lowest BCUT2D eigenvalue weighted by Crippen LogP contribution is -3.25. The molecule has 1 aromatic carbocycles. The second-order valence-corrected chi connectivity index (χ2v) is 7.29. The first-order valence-corrected chi connectivity index (χ1v) is 8.63. The van der Waals surface area contributed by atoms with Crippen molar-refractivity contribution in [2.24, 2.45) is 0 Å².